The van der Waals surface area contributed by atoms with E-state index in [1.807, 2.05) is 0 Å². The predicted octanol–water partition coefficient (Wildman–Crippen LogP) is 2.73. The Kier molecular flexibility index (Phi) is 4.63. The standard InChI is InChI=1S/C15H11FN4O5S/c16-13-7-11(5-6-12(13)15-18-17-9-25-15)19-26(23,24)8-10-3-1-2-4-14(10)20(21)22/h1-7,9,19H,8H2. The number of nitro benzene ring substituents is 1. The van der Waals surface area contributed by atoms with Crippen molar-refractivity contribution >= 4 is 21.4 Å². The zero-order valence-corrected chi connectivity index (χ0v) is 13.8. The highest BCUT2D eigenvalue weighted by atomic mass is 32.2. The maximum Gasteiger partial charge on any atom is 0.273 e. The molecule has 0 amide bonds. The van der Waals surface area contributed by atoms with Gasteiger partial charge in [-0.1, -0.05) is 18.2 Å². The van der Waals surface area contributed by atoms with Crippen LogP contribution in [0.15, 0.2) is 53.3 Å². The fourth-order valence-electron chi connectivity index (χ4n) is 2.27. The van der Waals surface area contributed by atoms with Crippen LogP contribution in [0.3, 0.4) is 0 Å². The highest BCUT2D eigenvalue weighted by Crippen LogP contribution is 2.25. The van der Waals surface area contributed by atoms with Gasteiger partial charge in [0.25, 0.3) is 5.69 Å². The Hall–Kier alpha value is -3.34. The molecule has 3 rings (SSSR count). The van der Waals surface area contributed by atoms with Gasteiger partial charge in [-0.25, -0.2) is 12.8 Å². The number of para-hydroxylation sites is 1. The third kappa shape index (κ3) is 3.83. The molecule has 0 aliphatic heterocycles. The summed E-state index contributed by atoms with van der Waals surface area (Å²) in [6.45, 7) is 0. The molecular formula is C15H11FN4O5S. The van der Waals surface area contributed by atoms with E-state index >= 15 is 0 Å². The molecule has 0 fully saturated rings. The zero-order chi connectivity index (χ0) is 18.7. The quantitative estimate of drug-likeness (QED) is 0.516. The fraction of sp³-hybridized carbons (Fsp3) is 0.0667. The molecule has 3 aromatic rings. The number of anilines is 1. The van der Waals surface area contributed by atoms with Gasteiger partial charge in [0.15, 0.2) is 0 Å². The average molecular weight is 378 g/mol. The van der Waals surface area contributed by atoms with Gasteiger partial charge in [-0.2, -0.15) is 0 Å². The summed E-state index contributed by atoms with van der Waals surface area (Å²) in [7, 11) is -4.00. The number of nitrogens with one attached hydrogen (secondary N) is 1. The van der Waals surface area contributed by atoms with Crippen LogP contribution in [0.25, 0.3) is 11.5 Å². The summed E-state index contributed by atoms with van der Waals surface area (Å²) in [5.74, 6) is -1.44. The topological polar surface area (TPSA) is 128 Å². The minimum Gasteiger partial charge on any atom is -0.423 e. The SMILES string of the molecule is O=[N+]([O-])c1ccccc1CS(=O)(=O)Nc1ccc(-c2nnco2)c(F)c1. The second kappa shape index (κ2) is 6.88. The number of halogens is 1. The van der Waals surface area contributed by atoms with Crippen molar-refractivity contribution in [2.45, 2.75) is 5.75 Å². The normalized spacial score (nSPS) is 11.3. The largest absolute Gasteiger partial charge is 0.423 e. The maximum atomic E-state index is 14.1. The number of benzene rings is 2. The molecule has 0 bridgehead atoms. The van der Waals surface area contributed by atoms with Gasteiger partial charge in [0.2, 0.25) is 22.3 Å². The van der Waals surface area contributed by atoms with Crippen molar-refractivity contribution in [3.05, 3.63) is 70.4 Å². The van der Waals surface area contributed by atoms with E-state index in [0.717, 1.165) is 12.5 Å². The molecule has 0 radical (unpaired) electrons. The van der Waals surface area contributed by atoms with Crippen molar-refractivity contribution in [1.29, 1.82) is 0 Å². The van der Waals surface area contributed by atoms with Crippen molar-refractivity contribution in [3.8, 4) is 11.5 Å². The fourth-order valence-corrected chi connectivity index (χ4v) is 3.49. The molecule has 0 atom stereocenters. The molecule has 0 saturated carbocycles. The summed E-state index contributed by atoms with van der Waals surface area (Å²) in [6, 6.07) is 9.05. The van der Waals surface area contributed by atoms with E-state index in [1.54, 1.807) is 0 Å². The lowest BCUT2D eigenvalue weighted by Crippen LogP contribution is -2.16. The van der Waals surface area contributed by atoms with Crippen LogP contribution in [-0.2, 0) is 15.8 Å². The van der Waals surface area contributed by atoms with Gasteiger partial charge in [0.05, 0.1) is 16.2 Å². The smallest absolute Gasteiger partial charge is 0.273 e. The predicted molar refractivity (Wildman–Crippen MR) is 89.0 cm³/mol. The van der Waals surface area contributed by atoms with E-state index in [4.69, 9.17) is 4.42 Å². The molecule has 26 heavy (non-hydrogen) atoms. The third-order valence-electron chi connectivity index (χ3n) is 3.37. The minimum atomic E-state index is -4.00. The van der Waals surface area contributed by atoms with Crippen LogP contribution in [0.4, 0.5) is 15.8 Å². The zero-order valence-electron chi connectivity index (χ0n) is 13.0. The summed E-state index contributed by atoms with van der Waals surface area (Å²) < 4.78 is 45.8. The van der Waals surface area contributed by atoms with Crippen LogP contribution >= 0.6 is 0 Å². The van der Waals surface area contributed by atoms with Crippen LogP contribution in [0.1, 0.15) is 5.56 Å². The molecule has 1 N–H and O–H groups in total. The van der Waals surface area contributed by atoms with Gasteiger partial charge in [-0.05, 0) is 18.2 Å². The van der Waals surface area contributed by atoms with Crippen LogP contribution in [0, 0.1) is 15.9 Å². The van der Waals surface area contributed by atoms with Crippen LogP contribution < -0.4 is 4.72 Å². The van der Waals surface area contributed by atoms with Crippen molar-refractivity contribution in [1.82, 2.24) is 10.2 Å². The van der Waals surface area contributed by atoms with E-state index in [-0.39, 0.29) is 28.4 Å². The van der Waals surface area contributed by atoms with E-state index in [2.05, 4.69) is 14.9 Å². The number of nitro groups is 1. The van der Waals surface area contributed by atoms with Crippen molar-refractivity contribution in [3.63, 3.8) is 0 Å². The Balaban J connectivity index is 1.82. The van der Waals surface area contributed by atoms with E-state index in [1.165, 1.54) is 36.4 Å². The molecule has 134 valence electrons. The Bertz CT molecular complexity index is 1050. The highest BCUT2D eigenvalue weighted by Gasteiger charge is 2.20. The number of rotatable bonds is 6. The molecule has 2 aromatic carbocycles. The van der Waals surface area contributed by atoms with Crippen molar-refractivity contribution in [2.75, 3.05) is 4.72 Å². The summed E-state index contributed by atoms with van der Waals surface area (Å²) in [4.78, 5) is 10.3. The van der Waals surface area contributed by atoms with E-state index < -0.39 is 26.5 Å². The lowest BCUT2D eigenvalue weighted by Gasteiger charge is -2.09. The molecule has 1 heterocycles. The van der Waals surface area contributed by atoms with Gasteiger partial charge in [-0.15, -0.1) is 10.2 Å². The van der Waals surface area contributed by atoms with Gasteiger partial charge < -0.3 is 4.42 Å². The Morgan fingerprint density at radius 1 is 1.23 bits per heavy atom. The van der Waals surface area contributed by atoms with Crippen LogP contribution in [0.5, 0.6) is 0 Å². The first-order valence-corrected chi connectivity index (χ1v) is 8.80. The molecule has 11 heteroatoms. The molecule has 0 unspecified atom stereocenters. The molecule has 0 spiro atoms. The van der Waals surface area contributed by atoms with Crippen LogP contribution in [0.2, 0.25) is 0 Å². The van der Waals surface area contributed by atoms with Crippen molar-refractivity contribution in [2.24, 2.45) is 0 Å². The third-order valence-corrected chi connectivity index (χ3v) is 4.60. The Morgan fingerprint density at radius 3 is 2.65 bits per heavy atom. The number of hydrogen-bond donors (Lipinski definition) is 1. The molecule has 1 aromatic heterocycles. The molecule has 0 saturated heterocycles. The maximum absolute atomic E-state index is 14.1. The number of sulfonamides is 1. The molecule has 0 aliphatic carbocycles. The average Bonchev–Trinajstić information content (AvgIpc) is 3.08. The first kappa shape index (κ1) is 17.5. The first-order chi connectivity index (χ1) is 12.4. The van der Waals surface area contributed by atoms with Crippen LogP contribution in [-0.4, -0.2) is 23.5 Å². The minimum absolute atomic E-state index is 0.0177. The molecule has 9 nitrogen and oxygen atoms in total. The lowest BCUT2D eigenvalue weighted by atomic mass is 10.2. The van der Waals surface area contributed by atoms with Gasteiger partial charge in [0.1, 0.15) is 11.6 Å². The summed E-state index contributed by atoms with van der Waals surface area (Å²) >= 11 is 0. The highest BCUT2D eigenvalue weighted by molar-refractivity contribution is 7.91. The van der Waals surface area contributed by atoms with Crippen molar-refractivity contribution < 1.29 is 22.1 Å². The number of hydrogen-bond acceptors (Lipinski definition) is 7. The van der Waals surface area contributed by atoms with E-state index in [0.29, 0.717) is 0 Å². The second-order valence-corrected chi connectivity index (χ2v) is 6.91. The Morgan fingerprint density at radius 2 is 2.00 bits per heavy atom. The molecule has 0 aliphatic rings. The monoisotopic (exact) mass is 378 g/mol. The lowest BCUT2D eigenvalue weighted by molar-refractivity contribution is -0.385. The number of nitrogens with zero attached hydrogens (tertiary/aromatic N) is 3. The first-order valence-electron chi connectivity index (χ1n) is 7.14. The second-order valence-electron chi connectivity index (χ2n) is 5.19. The number of aromatic nitrogens is 2. The summed E-state index contributed by atoms with van der Waals surface area (Å²) in [6.07, 6.45) is 1.04. The van der Waals surface area contributed by atoms with E-state index in [9.17, 15) is 22.9 Å². The van der Waals surface area contributed by atoms with Gasteiger partial charge in [0, 0.05) is 11.6 Å². The summed E-state index contributed by atoms with van der Waals surface area (Å²) in [5.41, 5.74) is -0.308. The van der Waals surface area contributed by atoms with Gasteiger partial charge in [-0.3, -0.25) is 14.8 Å². The summed E-state index contributed by atoms with van der Waals surface area (Å²) in [5, 5.41) is 18.0. The van der Waals surface area contributed by atoms with Gasteiger partial charge >= 0.3 is 0 Å². The molecular weight excluding hydrogens is 367 g/mol. The Labute approximate surface area is 146 Å².